The molecular formula is C33H65O10P. The highest BCUT2D eigenvalue weighted by atomic mass is 31.2. The lowest BCUT2D eigenvalue weighted by Gasteiger charge is -2.20. The number of rotatable bonds is 33. The zero-order chi connectivity index (χ0) is 32.7. The molecule has 0 rings (SSSR count). The third-order valence-corrected chi connectivity index (χ3v) is 8.46. The summed E-state index contributed by atoms with van der Waals surface area (Å²) in [6.45, 7) is 2.33. The van der Waals surface area contributed by atoms with E-state index >= 15 is 0 Å². The average molecular weight is 653 g/mol. The largest absolute Gasteiger partial charge is 0.472 e. The molecule has 0 bridgehead atoms. The molecule has 11 heteroatoms. The predicted molar refractivity (Wildman–Crippen MR) is 173 cm³/mol. The molecule has 3 atom stereocenters. The van der Waals surface area contributed by atoms with Crippen LogP contribution >= 0.6 is 7.82 Å². The van der Waals surface area contributed by atoms with Gasteiger partial charge in [0.25, 0.3) is 0 Å². The van der Waals surface area contributed by atoms with E-state index in [1.54, 1.807) is 0 Å². The van der Waals surface area contributed by atoms with E-state index in [0.717, 1.165) is 38.5 Å². The number of esters is 2. The zero-order valence-corrected chi connectivity index (χ0v) is 28.8. The summed E-state index contributed by atoms with van der Waals surface area (Å²) in [5, 5.41) is 18.2. The van der Waals surface area contributed by atoms with Gasteiger partial charge in [-0.1, -0.05) is 136 Å². The van der Waals surface area contributed by atoms with E-state index in [0.29, 0.717) is 12.8 Å². The Morgan fingerprint density at radius 1 is 0.591 bits per heavy atom. The number of carbonyl (C=O) groups is 2. The molecule has 10 nitrogen and oxygen atoms in total. The molecule has 0 heterocycles. The van der Waals surface area contributed by atoms with Crippen molar-refractivity contribution in [1.82, 2.24) is 0 Å². The monoisotopic (exact) mass is 652 g/mol. The Kier molecular flexibility index (Phi) is 29.9. The maximum Gasteiger partial charge on any atom is 0.472 e. The van der Waals surface area contributed by atoms with Gasteiger partial charge >= 0.3 is 19.8 Å². The maximum atomic E-state index is 12.4. The average Bonchev–Trinajstić information content (AvgIpc) is 3.00. The van der Waals surface area contributed by atoms with Gasteiger partial charge in [-0.15, -0.1) is 0 Å². The van der Waals surface area contributed by atoms with Crippen LogP contribution in [0.25, 0.3) is 0 Å². The summed E-state index contributed by atoms with van der Waals surface area (Å²) in [7, 11) is -4.59. The van der Waals surface area contributed by atoms with E-state index in [4.69, 9.17) is 19.1 Å². The third kappa shape index (κ3) is 29.7. The number of carbonyl (C=O) groups excluding carboxylic acids is 2. The molecule has 0 amide bonds. The molecule has 0 aliphatic carbocycles. The van der Waals surface area contributed by atoms with Gasteiger partial charge < -0.3 is 24.6 Å². The Morgan fingerprint density at radius 2 is 0.977 bits per heavy atom. The number of hydrogen-bond acceptors (Lipinski definition) is 9. The number of unbranched alkanes of at least 4 members (excludes halogenated alkanes) is 19. The molecule has 0 fully saturated rings. The van der Waals surface area contributed by atoms with E-state index in [9.17, 15) is 24.2 Å². The fourth-order valence-electron chi connectivity index (χ4n) is 4.76. The zero-order valence-electron chi connectivity index (χ0n) is 27.9. The lowest BCUT2D eigenvalue weighted by molar-refractivity contribution is -0.161. The van der Waals surface area contributed by atoms with Gasteiger partial charge in [-0.05, 0) is 12.8 Å². The first-order valence-electron chi connectivity index (χ1n) is 17.5. The van der Waals surface area contributed by atoms with Crippen molar-refractivity contribution in [2.45, 2.75) is 174 Å². The predicted octanol–water partition coefficient (Wildman–Crippen LogP) is 7.94. The Bertz CT molecular complexity index is 721. The van der Waals surface area contributed by atoms with E-state index in [-0.39, 0.29) is 19.4 Å². The first-order chi connectivity index (χ1) is 21.2. The minimum Gasteiger partial charge on any atom is -0.462 e. The molecule has 0 aliphatic heterocycles. The molecule has 262 valence electrons. The first-order valence-corrected chi connectivity index (χ1v) is 19.0. The van der Waals surface area contributed by atoms with Crippen molar-refractivity contribution in [3.05, 3.63) is 0 Å². The van der Waals surface area contributed by atoms with Crippen molar-refractivity contribution in [3.63, 3.8) is 0 Å². The van der Waals surface area contributed by atoms with Crippen LogP contribution in [0.3, 0.4) is 0 Å². The van der Waals surface area contributed by atoms with Crippen molar-refractivity contribution in [2.24, 2.45) is 0 Å². The van der Waals surface area contributed by atoms with Gasteiger partial charge in [-0.3, -0.25) is 18.6 Å². The number of aliphatic hydroxyl groups excluding tert-OH is 2. The normalized spacial score (nSPS) is 14.2. The Labute approximate surface area is 267 Å². The van der Waals surface area contributed by atoms with Crippen molar-refractivity contribution in [3.8, 4) is 0 Å². The summed E-state index contributed by atoms with van der Waals surface area (Å²) in [5.41, 5.74) is 0. The van der Waals surface area contributed by atoms with E-state index < -0.39 is 51.8 Å². The van der Waals surface area contributed by atoms with Crippen LogP contribution < -0.4 is 0 Å². The molecule has 0 aromatic heterocycles. The van der Waals surface area contributed by atoms with Gasteiger partial charge in [0.05, 0.1) is 19.8 Å². The molecule has 0 aliphatic rings. The van der Waals surface area contributed by atoms with Gasteiger partial charge in [-0.25, -0.2) is 4.57 Å². The highest BCUT2D eigenvalue weighted by molar-refractivity contribution is 7.47. The fraction of sp³-hybridized carbons (Fsp3) is 0.939. The Morgan fingerprint density at radius 3 is 1.41 bits per heavy atom. The molecule has 0 spiro atoms. The second-order valence-corrected chi connectivity index (χ2v) is 13.4. The van der Waals surface area contributed by atoms with Crippen LogP contribution in [0.1, 0.15) is 162 Å². The van der Waals surface area contributed by atoms with E-state index in [1.165, 1.54) is 83.5 Å². The summed E-state index contributed by atoms with van der Waals surface area (Å²) in [6, 6.07) is 0. The Hall–Kier alpha value is -1.03. The molecule has 44 heavy (non-hydrogen) atoms. The van der Waals surface area contributed by atoms with Crippen molar-refractivity contribution in [2.75, 3.05) is 26.4 Å². The van der Waals surface area contributed by atoms with Gasteiger partial charge in [0, 0.05) is 12.8 Å². The van der Waals surface area contributed by atoms with Crippen molar-refractivity contribution < 1.29 is 47.8 Å². The number of ether oxygens (including phenoxy) is 2. The number of phosphoric acid groups is 1. The van der Waals surface area contributed by atoms with Crippen LogP contribution in [0.15, 0.2) is 0 Å². The molecular weight excluding hydrogens is 587 g/mol. The second-order valence-electron chi connectivity index (χ2n) is 11.9. The molecule has 0 radical (unpaired) electrons. The summed E-state index contributed by atoms with van der Waals surface area (Å²) in [5.74, 6) is -0.923. The molecule has 1 unspecified atom stereocenters. The Balaban J connectivity index is 4.35. The minimum atomic E-state index is -4.59. The molecule has 0 aromatic rings. The fourth-order valence-corrected chi connectivity index (χ4v) is 5.55. The number of aliphatic hydroxyl groups is 2. The molecule has 3 N–H and O–H groups in total. The van der Waals surface area contributed by atoms with Crippen molar-refractivity contribution >= 4 is 19.8 Å². The van der Waals surface area contributed by atoms with E-state index in [1.807, 2.05) is 0 Å². The SMILES string of the molecule is CCCCCCCCCCCCCCCC(=O)OC[C@H](COP(=O)(O)OC[C@@H](O)CO)OC(=O)CCCCCCCCCC. The summed E-state index contributed by atoms with van der Waals surface area (Å²) < 4.78 is 32.4. The van der Waals surface area contributed by atoms with Gasteiger partial charge in [0.15, 0.2) is 6.10 Å². The molecule has 0 saturated carbocycles. The topological polar surface area (TPSA) is 149 Å². The van der Waals surface area contributed by atoms with Crippen molar-refractivity contribution in [1.29, 1.82) is 0 Å². The maximum absolute atomic E-state index is 12.4. The molecule has 0 saturated heterocycles. The summed E-state index contributed by atoms with van der Waals surface area (Å²) in [4.78, 5) is 34.6. The van der Waals surface area contributed by atoms with Gasteiger partial charge in [-0.2, -0.15) is 0 Å². The van der Waals surface area contributed by atoms with Gasteiger partial charge in [0.1, 0.15) is 12.7 Å². The smallest absolute Gasteiger partial charge is 0.462 e. The molecule has 0 aromatic carbocycles. The number of hydrogen-bond donors (Lipinski definition) is 3. The highest BCUT2D eigenvalue weighted by Gasteiger charge is 2.27. The van der Waals surface area contributed by atoms with Crippen LogP contribution in [0, 0.1) is 0 Å². The third-order valence-electron chi connectivity index (χ3n) is 7.51. The lowest BCUT2D eigenvalue weighted by Crippen LogP contribution is -2.29. The van der Waals surface area contributed by atoms with Gasteiger partial charge in [0.2, 0.25) is 0 Å². The van der Waals surface area contributed by atoms with Crippen LogP contribution in [-0.2, 0) is 32.7 Å². The highest BCUT2D eigenvalue weighted by Crippen LogP contribution is 2.43. The quantitative estimate of drug-likeness (QED) is 0.0362. The second kappa shape index (κ2) is 30.6. The standard InChI is InChI=1S/C33H65O10P/c1-3-5-7-9-11-13-14-15-16-17-19-20-22-24-32(36)40-28-31(29-42-44(38,39)41-27-30(35)26-34)43-33(37)25-23-21-18-12-10-8-6-4-2/h30-31,34-35H,3-29H2,1-2H3,(H,38,39)/t30-,31+/m0/s1. The summed E-state index contributed by atoms with van der Waals surface area (Å²) in [6.07, 6.45) is 22.3. The number of phosphoric ester groups is 1. The van der Waals surface area contributed by atoms with Crippen LogP contribution in [0.2, 0.25) is 0 Å². The summed E-state index contributed by atoms with van der Waals surface area (Å²) >= 11 is 0. The van der Waals surface area contributed by atoms with E-state index in [2.05, 4.69) is 18.4 Å². The minimum absolute atomic E-state index is 0.189. The first kappa shape index (κ1) is 43.0. The van der Waals surface area contributed by atoms with Crippen LogP contribution in [0.5, 0.6) is 0 Å². The van der Waals surface area contributed by atoms with Crippen LogP contribution in [-0.4, -0.2) is 65.7 Å². The van der Waals surface area contributed by atoms with Crippen LogP contribution in [0.4, 0.5) is 0 Å². The lowest BCUT2D eigenvalue weighted by atomic mass is 10.0.